The van der Waals surface area contributed by atoms with Gasteiger partial charge in [0.2, 0.25) is 0 Å². The van der Waals surface area contributed by atoms with Crippen molar-refractivity contribution in [2.45, 2.75) is 26.3 Å². The topological polar surface area (TPSA) is 67.9 Å². The quantitative estimate of drug-likeness (QED) is 0.423. The van der Waals surface area contributed by atoms with E-state index in [1.165, 1.54) is 16.9 Å². The van der Waals surface area contributed by atoms with E-state index in [1.54, 1.807) is 17.7 Å². The molecule has 2 aromatic heterocycles. The van der Waals surface area contributed by atoms with Gasteiger partial charge in [-0.05, 0) is 35.2 Å². The minimum Gasteiger partial charge on any atom is -0.384 e. The summed E-state index contributed by atoms with van der Waals surface area (Å²) in [5.41, 5.74) is 4.60. The molecule has 0 bridgehead atoms. The molecular formula is C25H23N3O2S. The lowest BCUT2D eigenvalue weighted by Crippen LogP contribution is -2.26. The Morgan fingerprint density at radius 3 is 2.68 bits per heavy atom. The second-order valence-corrected chi connectivity index (χ2v) is 8.21. The second kappa shape index (κ2) is 9.25. The Hall–Kier alpha value is -3.27. The number of nitrogens with zero attached hydrogens (tertiary/aromatic N) is 3. The first-order valence-corrected chi connectivity index (χ1v) is 11.1. The lowest BCUT2D eigenvalue weighted by molar-refractivity contribution is 0.199. The first-order valence-electron chi connectivity index (χ1n) is 10.2. The summed E-state index contributed by atoms with van der Waals surface area (Å²) in [7, 11) is 1.64. The Morgan fingerprint density at radius 1 is 1.16 bits per heavy atom. The van der Waals surface area contributed by atoms with Crippen LogP contribution < -0.4 is 5.56 Å². The number of aryl methyl sites for hydroxylation is 1. The largest absolute Gasteiger partial charge is 0.384 e. The summed E-state index contributed by atoms with van der Waals surface area (Å²) in [6.45, 7) is 2.97. The molecule has 6 heteroatoms. The molecule has 0 spiro atoms. The van der Waals surface area contributed by atoms with Gasteiger partial charge in [-0.1, -0.05) is 43.3 Å². The third kappa shape index (κ3) is 4.29. The zero-order valence-corrected chi connectivity index (χ0v) is 18.4. The molecule has 0 N–H and O–H groups in total. The summed E-state index contributed by atoms with van der Waals surface area (Å²) in [4.78, 5) is 19.2. The van der Waals surface area contributed by atoms with Crippen molar-refractivity contribution in [3.63, 3.8) is 0 Å². The second-order valence-electron chi connectivity index (χ2n) is 7.35. The summed E-state index contributed by atoms with van der Waals surface area (Å²) in [6.07, 6.45) is 1.52. The molecule has 0 aliphatic heterocycles. The van der Waals surface area contributed by atoms with Crippen LogP contribution >= 0.6 is 11.3 Å². The van der Waals surface area contributed by atoms with Crippen molar-refractivity contribution in [1.82, 2.24) is 9.55 Å². The van der Waals surface area contributed by atoms with Gasteiger partial charge in [0, 0.05) is 24.5 Å². The lowest BCUT2D eigenvalue weighted by atomic mass is 10.0. The summed E-state index contributed by atoms with van der Waals surface area (Å²) < 4.78 is 6.96. The Labute approximate surface area is 185 Å². The number of benzene rings is 2. The first-order chi connectivity index (χ1) is 15.1. The number of hydrogen-bond donors (Lipinski definition) is 0. The third-order valence-electron chi connectivity index (χ3n) is 5.37. The Morgan fingerprint density at radius 2 is 1.97 bits per heavy atom. The molecule has 5 nitrogen and oxygen atoms in total. The highest BCUT2D eigenvalue weighted by molar-refractivity contribution is 7.17. The molecule has 4 rings (SSSR count). The summed E-state index contributed by atoms with van der Waals surface area (Å²) in [5, 5.41) is 11.9. The predicted molar refractivity (Wildman–Crippen MR) is 125 cm³/mol. The van der Waals surface area contributed by atoms with E-state index in [2.05, 4.69) is 37.3 Å². The molecule has 4 aromatic rings. The van der Waals surface area contributed by atoms with E-state index in [1.807, 2.05) is 23.6 Å². The maximum Gasteiger partial charge on any atom is 0.263 e. The van der Waals surface area contributed by atoms with Crippen LogP contribution in [-0.2, 0) is 24.1 Å². The monoisotopic (exact) mass is 429 g/mol. The van der Waals surface area contributed by atoms with Crippen molar-refractivity contribution in [1.29, 1.82) is 5.26 Å². The fourth-order valence-corrected chi connectivity index (χ4v) is 4.62. The van der Waals surface area contributed by atoms with Crippen LogP contribution in [0.3, 0.4) is 0 Å². The number of ether oxygens (including phenoxy) is 1. The highest BCUT2D eigenvalue weighted by Crippen LogP contribution is 2.31. The minimum absolute atomic E-state index is 0.0609. The number of hydrogen-bond acceptors (Lipinski definition) is 5. The predicted octanol–water partition coefficient (Wildman–Crippen LogP) is 4.80. The van der Waals surface area contributed by atoms with Gasteiger partial charge in [0.15, 0.2) is 0 Å². The molecule has 0 unspecified atom stereocenters. The minimum atomic E-state index is -0.0609. The zero-order valence-electron chi connectivity index (χ0n) is 17.6. The van der Waals surface area contributed by atoms with E-state index in [-0.39, 0.29) is 5.56 Å². The van der Waals surface area contributed by atoms with Crippen LogP contribution in [0.5, 0.6) is 0 Å². The van der Waals surface area contributed by atoms with E-state index < -0.39 is 0 Å². The molecular weight excluding hydrogens is 406 g/mol. The van der Waals surface area contributed by atoms with Crippen LogP contribution in [0.4, 0.5) is 0 Å². The summed E-state index contributed by atoms with van der Waals surface area (Å²) >= 11 is 1.49. The fraction of sp³-hybridized carbons (Fsp3) is 0.240. The molecule has 0 radical (unpaired) electrons. The molecule has 0 atom stereocenters. The van der Waals surface area contributed by atoms with Gasteiger partial charge >= 0.3 is 0 Å². The van der Waals surface area contributed by atoms with Gasteiger partial charge in [0.05, 0.1) is 30.2 Å². The number of nitriles is 1. The number of fused-ring (bicyclic) bond motifs is 1. The number of methoxy groups -OCH3 is 1. The van der Waals surface area contributed by atoms with Crippen molar-refractivity contribution >= 4 is 21.6 Å². The van der Waals surface area contributed by atoms with Crippen molar-refractivity contribution in [3.8, 4) is 17.2 Å². The van der Waals surface area contributed by atoms with E-state index in [0.29, 0.717) is 36.3 Å². The average molecular weight is 430 g/mol. The molecule has 0 aliphatic carbocycles. The Bertz CT molecular complexity index is 1310. The van der Waals surface area contributed by atoms with Crippen LogP contribution in [-0.4, -0.2) is 23.3 Å². The SMILES string of the molecule is CCc1ccc(-c2csc3nc(CCOC)n(Cc4cccc(C#N)c4)c(=O)c23)cc1. The van der Waals surface area contributed by atoms with Gasteiger partial charge in [-0.15, -0.1) is 11.3 Å². The molecule has 0 fully saturated rings. The van der Waals surface area contributed by atoms with Crippen LogP contribution in [0.1, 0.15) is 29.4 Å². The maximum absolute atomic E-state index is 13.7. The van der Waals surface area contributed by atoms with E-state index >= 15 is 0 Å². The van der Waals surface area contributed by atoms with Crippen molar-refractivity contribution in [3.05, 3.63) is 86.8 Å². The number of thiophene rings is 1. The summed E-state index contributed by atoms with van der Waals surface area (Å²) in [6, 6.07) is 17.8. The molecule has 2 aromatic carbocycles. The Kier molecular flexibility index (Phi) is 6.26. The smallest absolute Gasteiger partial charge is 0.263 e. The van der Waals surface area contributed by atoms with Gasteiger partial charge in [0.1, 0.15) is 10.7 Å². The van der Waals surface area contributed by atoms with E-state index in [9.17, 15) is 10.1 Å². The van der Waals surface area contributed by atoms with Crippen LogP contribution in [0.2, 0.25) is 0 Å². The van der Waals surface area contributed by atoms with Gasteiger partial charge in [0.25, 0.3) is 5.56 Å². The van der Waals surface area contributed by atoms with Crippen molar-refractivity contribution in [2.75, 3.05) is 13.7 Å². The van der Waals surface area contributed by atoms with Crippen LogP contribution in [0.25, 0.3) is 21.3 Å². The molecule has 156 valence electrons. The Balaban J connectivity index is 1.86. The standard InChI is InChI=1S/C25H23N3O2S/c1-3-17-7-9-20(10-8-17)21-16-31-24-23(21)25(29)28(22(27-24)11-12-30-2)15-19-6-4-5-18(13-19)14-26/h4-10,13,16H,3,11-12,15H2,1-2H3. The lowest BCUT2D eigenvalue weighted by Gasteiger charge is -2.13. The van der Waals surface area contributed by atoms with Crippen molar-refractivity contribution < 1.29 is 4.74 Å². The molecule has 0 aliphatic rings. The number of rotatable bonds is 7. The van der Waals surface area contributed by atoms with Crippen molar-refractivity contribution in [2.24, 2.45) is 0 Å². The first kappa shape index (κ1) is 21.0. The molecule has 31 heavy (non-hydrogen) atoms. The van der Waals surface area contributed by atoms with Gasteiger partial charge in [-0.2, -0.15) is 5.26 Å². The van der Waals surface area contributed by atoms with Crippen LogP contribution in [0.15, 0.2) is 58.7 Å². The molecule has 0 saturated heterocycles. The van der Waals surface area contributed by atoms with Gasteiger partial charge < -0.3 is 4.74 Å². The molecule has 0 amide bonds. The number of aromatic nitrogens is 2. The van der Waals surface area contributed by atoms with Gasteiger partial charge in [-0.3, -0.25) is 9.36 Å². The summed E-state index contributed by atoms with van der Waals surface area (Å²) in [5.74, 6) is 0.691. The molecule has 0 saturated carbocycles. The van der Waals surface area contributed by atoms with E-state index in [0.717, 1.165) is 27.9 Å². The maximum atomic E-state index is 13.7. The fourth-order valence-electron chi connectivity index (χ4n) is 3.67. The zero-order chi connectivity index (χ0) is 21.8. The average Bonchev–Trinajstić information content (AvgIpc) is 3.24. The van der Waals surface area contributed by atoms with E-state index in [4.69, 9.17) is 9.72 Å². The molecule has 2 heterocycles. The normalized spacial score (nSPS) is 11.0. The highest BCUT2D eigenvalue weighted by atomic mass is 32.1. The van der Waals surface area contributed by atoms with Crippen LogP contribution in [0, 0.1) is 11.3 Å². The highest BCUT2D eigenvalue weighted by Gasteiger charge is 2.17. The van der Waals surface area contributed by atoms with Gasteiger partial charge in [-0.25, -0.2) is 4.98 Å². The third-order valence-corrected chi connectivity index (χ3v) is 6.24.